The first-order valence-electron chi connectivity index (χ1n) is 8.93. The van der Waals surface area contributed by atoms with Gasteiger partial charge in [0.25, 0.3) is 5.91 Å². The van der Waals surface area contributed by atoms with Crippen LogP contribution >= 0.6 is 11.3 Å². The summed E-state index contributed by atoms with van der Waals surface area (Å²) in [5.41, 5.74) is 1.39. The van der Waals surface area contributed by atoms with Crippen molar-refractivity contribution >= 4 is 29.1 Å². The normalized spacial score (nSPS) is 11.5. The zero-order valence-corrected chi connectivity index (χ0v) is 16.5. The number of nitrogens with one attached hydrogen (secondary N) is 2. The molecule has 7 nitrogen and oxygen atoms in total. The smallest absolute Gasteiger partial charge is 0.308 e. The molecule has 2 rings (SSSR count). The Morgan fingerprint density at radius 3 is 2.64 bits per heavy atom. The van der Waals surface area contributed by atoms with Crippen LogP contribution in [0.15, 0.2) is 41.1 Å². The summed E-state index contributed by atoms with van der Waals surface area (Å²) in [5, 5.41) is 18.4. The molecule has 0 saturated carbocycles. The summed E-state index contributed by atoms with van der Waals surface area (Å²) in [6.07, 6.45) is 0.952. The molecule has 1 atom stereocenters. The second-order valence-corrected chi connectivity index (χ2v) is 7.01. The number of thiophene rings is 1. The van der Waals surface area contributed by atoms with Crippen molar-refractivity contribution in [3.63, 3.8) is 0 Å². The number of hydrogen-bond acceptors (Lipinski definition) is 5. The summed E-state index contributed by atoms with van der Waals surface area (Å²) in [6, 6.07) is 8.96. The van der Waals surface area contributed by atoms with Crippen LogP contribution in [-0.4, -0.2) is 43.1 Å². The first-order valence-corrected chi connectivity index (χ1v) is 9.87. The van der Waals surface area contributed by atoms with Gasteiger partial charge in [0.05, 0.1) is 13.0 Å². The van der Waals surface area contributed by atoms with Gasteiger partial charge in [-0.15, -0.1) is 0 Å². The number of carboxylic acid groups (broad SMARTS) is 1. The fraction of sp³-hybridized carbons (Fsp3) is 0.350. The zero-order valence-electron chi connectivity index (χ0n) is 15.6. The van der Waals surface area contributed by atoms with Crippen molar-refractivity contribution in [2.24, 2.45) is 5.92 Å². The van der Waals surface area contributed by atoms with E-state index in [1.807, 2.05) is 23.6 Å². The molecule has 0 spiro atoms. The second kappa shape index (κ2) is 11.1. The minimum atomic E-state index is -0.978. The lowest BCUT2D eigenvalue weighted by molar-refractivity contribution is -0.141. The van der Waals surface area contributed by atoms with Crippen LogP contribution in [0.25, 0.3) is 0 Å². The van der Waals surface area contributed by atoms with E-state index in [9.17, 15) is 19.5 Å². The minimum absolute atomic E-state index is 0.0352. The Morgan fingerprint density at radius 1 is 1.18 bits per heavy atom. The Labute approximate surface area is 167 Å². The predicted molar refractivity (Wildman–Crippen MR) is 107 cm³/mol. The number of benzene rings is 1. The van der Waals surface area contributed by atoms with Crippen molar-refractivity contribution in [3.8, 4) is 5.75 Å². The molecule has 28 heavy (non-hydrogen) atoms. The molecule has 0 bridgehead atoms. The molecule has 0 unspecified atom stereocenters. The maximum atomic E-state index is 12.0. The van der Waals surface area contributed by atoms with E-state index >= 15 is 0 Å². The van der Waals surface area contributed by atoms with Gasteiger partial charge < -0.3 is 20.5 Å². The zero-order chi connectivity index (χ0) is 20.4. The van der Waals surface area contributed by atoms with Crippen molar-refractivity contribution < 1.29 is 24.2 Å². The van der Waals surface area contributed by atoms with Gasteiger partial charge in [-0.25, -0.2) is 0 Å². The predicted octanol–water partition coefficient (Wildman–Crippen LogP) is 2.33. The van der Waals surface area contributed by atoms with Crippen LogP contribution in [0.3, 0.4) is 0 Å². The number of aliphatic carboxylic acids is 1. The van der Waals surface area contributed by atoms with Gasteiger partial charge in [0.2, 0.25) is 5.91 Å². The van der Waals surface area contributed by atoms with Crippen LogP contribution in [0.4, 0.5) is 0 Å². The lowest BCUT2D eigenvalue weighted by Gasteiger charge is -2.15. The molecule has 0 radical (unpaired) electrons. The van der Waals surface area contributed by atoms with E-state index in [0.717, 1.165) is 5.56 Å². The maximum Gasteiger partial charge on any atom is 0.308 e. The molecule has 0 aliphatic carbocycles. The largest absolute Gasteiger partial charge is 0.496 e. The summed E-state index contributed by atoms with van der Waals surface area (Å²) < 4.78 is 5.25. The molecular formula is C20H24N2O5S. The number of para-hydroxylation sites is 1. The fourth-order valence-corrected chi connectivity index (χ4v) is 3.29. The quantitative estimate of drug-likeness (QED) is 0.499. The number of amides is 2. The standard InChI is InChI=1S/C20H24N2O5S/c1-27-17-6-3-2-5-14(17)11-16(20(25)26)12-22-18(23)7-4-9-21-19(24)15-8-10-28-13-15/h2-3,5-6,8,10,13,16H,4,7,9,11-12H2,1H3,(H,21,24)(H,22,23)(H,25,26)/t16-/m0/s1. The fourth-order valence-electron chi connectivity index (χ4n) is 2.66. The number of methoxy groups -OCH3 is 1. The van der Waals surface area contributed by atoms with Crippen LogP contribution in [-0.2, 0) is 16.0 Å². The average molecular weight is 404 g/mol. The first kappa shape index (κ1) is 21.4. The maximum absolute atomic E-state index is 12.0. The van der Waals surface area contributed by atoms with E-state index < -0.39 is 11.9 Å². The molecule has 1 aromatic carbocycles. The third-order valence-electron chi connectivity index (χ3n) is 4.20. The molecule has 3 N–H and O–H groups in total. The third kappa shape index (κ3) is 6.70. The van der Waals surface area contributed by atoms with Gasteiger partial charge in [-0.2, -0.15) is 11.3 Å². The van der Waals surface area contributed by atoms with Crippen molar-refractivity contribution in [1.82, 2.24) is 10.6 Å². The van der Waals surface area contributed by atoms with Crippen molar-refractivity contribution in [1.29, 1.82) is 0 Å². The molecule has 2 amide bonds. The summed E-state index contributed by atoms with van der Waals surface area (Å²) >= 11 is 1.45. The summed E-state index contributed by atoms with van der Waals surface area (Å²) in [7, 11) is 1.54. The number of carbonyl (C=O) groups excluding carboxylic acids is 2. The molecule has 0 saturated heterocycles. The van der Waals surface area contributed by atoms with Gasteiger partial charge in [0.1, 0.15) is 5.75 Å². The molecule has 2 aromatic rings. The highest BCUT2D eigenvalue weighted by atomic mass is 32.1. The highest BCUT2D eigenvalue weighted by molar-refractivity contribution is 7.08. The van der Waals surface area contributed by atoms with E-state index in [-0.39, 0.29) is 31.2 Å². The van der Waals surface area contributed by atoms with Crippen molar-refractivity contribution in [2.75, 3.05) is 20.2 Å². The Kier molecular flexibility index (Phi) is 8.48. The Balaban J connectivity index is 1.73. The van der Waals surface area contributed by atoms with Gasteiger partial charge >= 0.3 is 5.97 Å². The number of ether oxygens (including phenoxy) is 1. The SMILES string of the molecule is COc1ccccc1C[C@@H](CNC(=O)CCCNC(=O)c1ccsc1)C(=O)O. The first-order chi connectivity index (χ1) is 13.5. The number of carbonyl (C=O) groups is 3. The summed E-state index contributed by atoms with van der Waals surface area (Å²) in [6.45, 7) is 0.416. The molecule has 0 aliphatic heterocycles. The summed E-state index contributed by atoms with van der Waals surface area (Å²) in [5.74, 6) is -1.50. The van der Waals surface area contributed by atoms with E-state index in [0.29, 0.717) is 24.3 Å². The van der Waals surface area contributed by atoms with Gasteiger partial charge in [0.15, 0.2) is 0 Å². The number of hydrogen-bond donors (Lipinski definition) is 3. The van der Waals surface area contributed by atoms with Gasteiger partial charge in [-0.3, -0.25) is 14.4 Å². The van der Waals surface area contributed by atoms with E-state index in [2.05, 4.69) is 10.6 Å². The Hall–Kier alpha value is -2.87. The van der Waals surface area contributed by atoms with E-state index in [1.165, 1.54) is 18.4 Å². The molecule has 0 aliphatic rings. The highest BCUT2D eigenvalue weighted by Crippen LogP contribution is 2.21. The Morgan fingerprint density at radius 2 is 1.96 bits per heavy atom. The third-order valence-corrected chi connectivity index (χ3v) is 4.89. The molecule has 1 aromatic heterocycles. The molecule has 150 valence electrons. The highest BCUT2D eigenvalue weighted by Gasteiger charge is 2.20. The van der Waals surface area contributed by atoms with E-state index in [1.54, 1.807) is 17.5 Å². The number of carboxylic acids is 1. The molecule has 0 fully saturated rings. The van der Waals surface area contributed by atoms with Crippen LogP contribution in [0, 0.1) is 5.92 Å². The monoisotopic (exact) mass is 404 g/mol. The topological polar surface area (TPSA) is 105 Å². The van der Waals surface area contributed by atoms with Crippen LogP contribution in [0.5, 0.6) is 5.75 Å². The van der Waals surface area contributed by atoms with Crippen LogP contribution in [0.2, 0.25) is 0 Å². The van der Waals surface area contributed by atoms with Gasteiger partial charge in [-0.05, 0) is 35.9 Å². The van der Waals surface area contributed by atoms with Crippen molar-refractivity contribution in [2.45, 2.75) is 19.3 Å². The lowest BCUT2D eigenvalue weighted by atomic mass is 9.98. The lowest BCUT2D eigenvalue weighted by Crippen LogP contribution is -2.34. The number of rotatable bonds is 11. The van der Waals surface area contributed by atoms with Crippen LogP contribution in [0.1, 0.15) is 28.8 Å². The van der Waals surface area contributed by atoms with Gasteiger partial charge in [0, 0.05) is 30.5 Å². The second-order valence-electron chi connectivity index (χ2n) is 6.23. The van der Waals surface area contributed by atoms with Crippen molar-refractivity contribution in [3.05, 3.63) is 52.2 Å². The summed E-state index contributed by atoms with van der Waals surface area (Å²) in [4.78, 5) is 35.3. The van der Waals surface area contributed by atoms with Crippen LogP contribution < -0.4 is 15.4 Å². The minimum Gasteiger partial charge on any atom is -0.496 e. The van der Waals surface area contributed by atoms with Gasteiger partial charge in [-0.1, -0.05) is 18.2 Å². The van der Waals surface area contributed by atoms with E-state index in [4.69, 9.17) is 4.74 Å². The molecule has 1 heterocycles. The molecule has 8 heteroatoms. The molecular weight excluding hydrogens is 380 g/mol. The average Bonchev–Trinajstić information content (AvgIpc) is 3.23. The Bertz CT molecular complexity index is 792.